The van der Waals surface area contributed by atoms with Gasteiger partial charge in [-0.15, -0.1) is 0 Å². The van der Waals surface area contributed by atoms with E-state index in [2.05, 4.69) is 10.3 Å². The fourth-order valence-electron chi connectivity index (χ4n) is 2.12. The molecule has 1 aliphatic heterocycles. The van der Waals surface area contributed by atoms with Crippen LogP contribution in [0.5, 0.6) is 0 Å². The van der Waals surface area contributed by atoms with Gasteiger partial charge >= 0.3 is 6.09 Å². The van der Waals surface area contributed by atoms with E-state index in [9.17, 15) is 4.79 Å². The molecule has 1 N–H and O–H groups in total. The number of pyridine rings is 1. The van der Waals surface area contributed by atoms with E-state index in [1.807, 2.05) is 13.0 Å². The fraction of sp³-hybridized carbons (Fsp3) is 0.538. The van der Waals surface area contributed by atoms with Gasteiger partial charge in [0, 0.05) is 19.1 Å². The fourth-order valence-corrected chi connectivity index (χ4v) is 2.23. The Morgan fingerprint density at radius 3 is 2.84 bits per heavy atom. The number of nitrogens with one attached hydrogen (secondary N) is 1. The average molecular weight is 284 g/mol. The van der Waals surface area contributed by atoms with Crippen LogP contribution in [0.15, 0.2) is 18.3 Å². The van der Waals surface area contributed by atoms with E-state index in [0.29, 0.717) is 17.8 Å². The Hall–Kier alpha value is -1.49. The number of piperidine rings is 1. The Bertz CT molecular complexity index is 416. The Kier molecular flexibility index (Phi) is 4.85. The Labute approximate surface area is 117 Å². The summed E-state index contributed by atoms with van der Waals surface area (Å²) in [6.45, 7) is 3.68. The molecule has 1 fully saturated rings. The first-order valence-corrected chi connectivity index (χ1v) is 6.86. The van der Waals surface area contributed by atoms with Gasteiger partial charge in [0.15, 0.2) is 0 Å². The van der Waals surface area contributed by atoms with E-state index in [0.717, 1.165) is 31.6 Å². The second-order valence-electron chi connectivity index (χ2n) is 4.47. The molecule has 1 aromatic rings. The maximum absolute atomic E-state index is 11.6. The summed E-state index contributed by atoms with van der Waals surface area (Å²) in [6.07, 6.45) is 3.32. The quantitative estimate of drug-likeness (QED) is 0.867. The third-order valence-electron chi connectivity index (χ3n) is 3.12. The first-order chi connectivity index (χ1) is 9.19. The molecule has 0 radical (unpaired) electrons. The lowest BCUT2D eigenvalue weighted by atomic mass is 10.1. The largest absolute Gasteiger partial charge is 0.450 e. The number of anilines is 1. The highest BCUT2D eigenvalue weighted by Crippen LogP contribution is 2.17. The average Bonchev–Trinajstić information content (AvgIpc) is 2.42. The van der Waals surface area contributed by atoms with E-state index in [1.54, 1.807) is 17.2 Å². The van der Waals surface area contributed by atoms with E-state index in [1.165, 1.54) is 0 Å². The zero-order valence-corrected chi connectivity index (χ0v) is 11.7. The number of nitrogens with zero attached hydrogens (tertiary/aromatic N) is 2. The summed E-state index contributed by atoms with van der Waals surface area (Å²) in [6, 6.07) is 4.03. The molecular formula is C13H18ClN3O2. The number of hydrogen-bond acceptors (Lipinski definition) is 4. The highest BCUT2D eigenvalue weighted by atomic mass is 35.5. The molecule has 104 valence electrons. The molecule has 6 heteroatoms. The SMILES string of the molecule is CCOC(=O)N1CCC(Nc2ccc(Cl)nc2)CC1. The summed E-state index contributed by atoms with van der Waals surface area (Å²) < 4.78 is 4.99. The molecule has 1 saturated heterocycles. The van der Waals surface area contributed by atoms with Crippen LogP contribution in [-0.4, -0.2) is 41.7 Å². The highest BCUT2D eigenvalue weighted by molar-refractivity contribution is 6.29. The maximum atomic E-state index is 11.6. The van der Waals surface area contributed by atoms with Crippen molar-refractivity contribution in [3.05, 3.63) is 23.5 Å². The molecule has 0 unspecified atom stereocenters. The zero-order valence-electron chi connectivity index (χ0n) is 10.9. The van der Waals surface area contributed by atoms with Crippen molar-refractivity contribution in [1.29, 1.82) is 0 Å². The van der Waals surface area contributed by atoms with Crippen molar-refractivity contribution in [2.24, 2.45) is 0 Å². The zero-order chi connectivity index (χ0) is 13.7. The lowest BCUT2D eigenvalue weighted by molar-refractivity contribution is 0.0983. The van der Waals surface area contributed by atoms with E-state index in [4.69, 9.17) is 16.3 Å². The summed E-state index contributed by atoms with van der Waals surface area (Å²) in [4.78, 5) is 17.3. The van der Waals surface area contributed by atoms with Gasteiger partial charge in [0.25, 0.3) is 0 Å². The molecule has 0 bridgehead atoms. The number of rotatable bonds is 3. The molecule has 0 atom stereocenters. The maximum Gasteiger partial charge on any atom is 0.409 e. The molecule has 2 heterocycles. The molecule has 1 aromatic heterocycles. The van der Waals surface area contributed by atoms with Crippen molar-refractivity contribution in [3.8, 4) is 0 Å². The minimum Gasteiger partial charge on any atom is -0.450 e. The number of amides is 1. The van der Waals surface area contributed by atoms with Gasteiger partial charge < -0.3 is 15.0 Å². The Balaban J connectivity index is 1.80. The van der Waals surface area contributed by atoms with E-state index >= 15 is 0 Å². The second kappa shape index (κ2) is 6.61. The normalized spacial score (nSPS) is 16.2. The number of halogens is 1. The number of hydrogen-bond donors (Lipinski definition) is 1. The molecule has 19 heavy (non-hydrogen) atoms. The van der Waals surface area contributed by atoms with Crippen molar-refractivity contribution in [1.82, 2.24) is 9.88 Å². The van der Waals surface area contributed by atoms with Crippen LogP contribution in [0.1, 0.15) is 19.8 Å². The van der Waals surface area contributed by atoms with Crippen LogP contribution in [0.4, 0.5) is 10.5 Å². The first-order valence-electron chi connectivity index (χ1n) is 6.49. The number of carbonyl (C=O) groups excluding carboxylic acids is 1. The lowest BCUT2D eigenvalue weighted by Crippen LogP contribution is -2.42. The minimum atomic E-state index is -0.214. The van der Waals surface area contributed by atoms with Crippen LogP contribution in [0.3, 0.4) is 0 Å². The van der Waals surface area contributed by atoms with Crippen LogP contribution < -0.4 is 5.32 Å². The van der Waals surface area contributed by atoms with E-state index in [-0.39, 0.29) is 6.09 Å². The molecule has 2 rings (SSSR count). The van der Waals surface area contributed by atoms with Crippen LogP contribution >= 0.6 is 11.6 Å². The van der Waals surface area contributed by atoms with Crippen molar-refractivity contribution in [2.75, 3.05) is 25.0 Å². The summed E-state index contributed by atoms with van der Waals surface area (Å²) in [7, 11) is 0. The minimum absolute atomic E-state index is 0.214. The van der Waals surface area contributed by atoms with Crippen LogP contribution in [0, 0.1) is 0 Å². The Morgan fingerprint density at radius 1 is 1.53 bits per heavy atom. The first kappa shape index (κ1) is 13.9. The molecule has 1 aliphatic rings. The van der Waals surface area contributed by atoms with Gasteiger partial charge in [-0.25, -0.2) is 9.78 Å². The lowest BCUT2D eigenvalue weighted by Gasteiger charge is -2.32. The number of ether oxygens (including phenoxy) is 1. The summed E-state index contributed by atoms with van der Waals surface area (Å²) in [5, 5.41) is 3.89. The second-order valence-corrected chi connectivity index (χ2v) is 4.86. The summed E-state index contributed by atoms with van der Waals surface area (Å²) in [5.74, 6) is 0. The predicted molar refractivity (Wildman–Crippen MR) is 74.5 cm³/mol. The smallest absolute Gasteiger partial charge is 0.409 e. The molecular weight excluding hydrogens is 266 g/mol. The molecule has 0 saturated carbocycles. The van der Waals surface area contributed by atoms with Crippen molar-refractivity contribution in [2.45, 2.75) is 25.8 Å². The van der Waals surface area contributed by atoms with Gasteiger partial charge in [-0.3, -0.25) is 0 Å². The summed E-state index contributed by atoms with van der Waals surface area (Å²) >= 11 is 5.74. The number of carbonyl (C=O) groups is 1. The van der Waals surface area contributed by atoms with E-state index < -0.39 is 0 Å². The van der Waals surface area contributed by atoms with Gasteiger partial charge in [-0.2, -0.15) is 0 Å². The van der Waals surface area contributed by atoms with Gasteiger partial charge in [-0.1, -0.05) is 11.6 Å². The Morgan fingerprint density at radius 2 is 2.26 bits per heavy atom. The van der Waals surface area contributed by atoms with Crippen molar-refractivity contribution < 1.29 is 9.53 Å². The molecule has 1 amide bonds. The summed E-state index contributed by atoms with van der Waals surface area (Å²) in [5.41, 5.74) is 0.957. The molecule has 5 nitrogen and oxygen atoms in total. The number of likely N-dealkylation sites (tertiary alicyclic amines) is 1. The third-order valence-corrected chi connectivity index (χ3v) is 3.34. The number of aromatic nitrogens is 1. The third kappa shape index (κ3) is 3.99. The van der Waals surface area contributed by atoms with Gasteiger partial charge in [0.2, 0.25) is 0 Å². The molecule has 0 spiro atoms. The van der Waals surface area contributed by atoms with Crippen molar-refractivity contribution in [3.63, 3.8) is 0 Å². The van der Waals surface area contributed by atoms with Crippen LogP contribution in [0.25, 0.3) is 0 Å². The molecule has 0 aromatic carbocycles. The predicted octanol–water partition coefficient (Wildman–Crippen LogP) is 2.77. The van der Waals surface area contributed by atoms with Gasteiger partial charge in [0.1, 0.15) is 5.15 Å². The van der Waals surface area contributed by atoms with Crippen LogP contribution in [-0.2, 0) is 4.74 Å². The van der Waals surface area contributed by atoms with Gasteiger partial charge in [0.05, 0.1) is 18.5 Å². The molecule has 0 aliphatic carbocycles. The van der Waals surface area contributed by atoms with Crippen LogP contribution in [0.2, 0.25) is 5.15 Å². The monoisotopic (exact) mass is 283 g/mol. The van der Waals surface area contributed by atoms with Gasteiger partial charge in [-0.05, 0) is 31.9 Å². The van der Waals surface area contributed by atoms with Crippen molar-refractivity contribution >= 4 is 23.4 Å². The standard InChI is InChI=1S/C13H18ClN3O2/c1-2-19-13(18)17-7-5-10(6-8-17)16-11-3-4-12(14)15-9-11/h3-4,9-10,16H,2,5-8H2,1H3. The highest BCUT2D eigenvalue weighted by Gasteiger charge is 2.23. The topological polar surface area (TPSA) is 54.5 Å².